The Labute approximate surface area is 123 Å². The number of rotatable bonds is 11. The average molecular weight is 279 g/mol. The predicted octanol–water partition coefficient (Wildman–Crippen LogP) is 3.94. The SMILES string of the molecule is CCCCCOCC(NCC)c1ccc(OCC)cc1. The number of nitrogens with one attached hydrogen (secondary N) is 1. The molecule has 0 saturated heterocycles. The molecule has 0 saturated carbocycles. The molecule has 0 heterocycles. The van der Waals surface area contributed by atoms with Crippen LogP contribution in [0.15, 0.2) is 24.3 Å². The molecule has 0 aliphatic carbocycles. The van der Waals surface area contributed by atoms with Crippen LogP contribution in [-0.4, -0.2) is 26.4 Å². The van der Waals surface area contributed by atoms with Gasteiger partial charge in [-0.3, -0.25) is 0 Å². The maximum absolute atomic E-state index is 5.79. The zero-order valence-corrected chi connectivity index (χ0v) is 13.2. The Balaban J connectivity index is 2.47. The van der Waals surface area contributed by atoms with Gasteiger partial charge in [-0.05, 0) is 37.6 Å². The van der Waals surface area contributed by atoms with Gasteiger partial charge in [0.15, 0.2) is 0 Å². The molecule has 0 spiro atoms. The third-order valence-electron chi connectivity index (χ3n) is 3.22. The van der Waals surface area contributed by atoms with Crippen molar-refractivity contribution < 1.29 is 9.47 Å². The van der Waals surface area contributed by atoms with Gasteiger partial charge in [-0.1, -0.05) is 38.8 Å². The summed E-state index contributed by atoms with van der Waals surface area (Å²) in [6.07, 6.45) is 3.63. The first-order chi connectivity index (χ1) is 9.81. The first kappa shape index (κ1) is 17.0. The van der Waals surface area contributed by atoms with Gasteiger partial charge in [-0.2, -0.15) is 0 Å². The number of hydrogen-bond donors (Lipinski definition) is 1. The first-order valence-corrected chi connectivity index (χ1v) is 7.85. The van der Waals surface area contributed by atoms with Gasteiger partial charge in [0, 0.05) is 6.61 Å². The molecule has 0 aliphatic heterocycles. The monoisotopic (exact) mass is 279 g/mol. The molecule has 20 heavy (non-hydrogen) atoms. The second-order valence-corrected chi connectivity index (χ2v) is 4.89. The van der Waals surface area contributed by atoms with Crippen LogP contribution in [0.3, 0.4) is 0 Å². The second-order valence-electron chi connectivity index (χ2n) is 4.89. The van der Waals surface area contributed by atoms with Crippen LogP contribution in [-0.2, 0) is 4.74 Å². The lowest BCUT2D eigenvalue weighted by Gasteiger charge is -2.19. The second kappa shape index (κ2) is 10.7. The molecule has 1 aromatic carbocycles. The summed E-state index contributed by atoms with van der Waals surface area (Å²) in [6, 6.07) is 8.56. The van der Waals surface area contributed by atoms with E-state index in [4.69, 9.17) is 9.47 Å². The van der Waals surface area contributed by atoms with E-state index in [0.717, 1.165) is 31.9 Å². The van der Waals surface area contributed by atoms with Crippen molar-refractivity contribution in [1.29, 1.82) is 0 Å². The van der Waals surface area contributed by atoms with E-state index in [1.165, 1.54) is 18.4 Å². The minimum absolute atomic E-state index is 0.261. The molecule has 0 bridgehead atoms. The molecule has 0 radical (unpaired) electrons. The molecule has 1 aromatic rings. The van der Waals surface area contributed by atoms with Crippen LogP contribution in [0.2, 0.25) is 0 Å². The Hall–Kier alpha value is -1.06. The van der Waals surface area contributed by atoms with Crippen molar-refractivity contribution in [3.05, 3.63) is 29.8 Å². The van der Waals surface area contributed by atoms with E-state index in [-0.39, 0.29) is 6.04 Å². The minimum atomic E-state index is 0.261. The molecule has 1 unspecified atom stereocenters. The highest BCUT2D eigenvalue weighted by Crippen LogP contribution is 2.18. The van der Waals surface area contributed by atoms with Gasteiger partial charge in [0.05, 0.1) is 19.3 Å². The summed E-state index contributed by atoms with van der Waals surface area (Å²) >= 11 is 0. The molecule has 0 amide bonds. The van der Waals surface area contributed by atoms with Crippen LogP contribution >= 0.6 is 0 Å². The van der Waals surface area contributed by atoms with Crippen LogP contribution in [0.25, 0.3) is 0 Å². The fourth-order valence-electron chi connectivity index (χ4n) is 2.14. The average Bonchev–Trinajstić information content (AvgIpc) is 2.47. The largest absolute Gasteiger partial charge is 0.494 e. The summed E-state index contributed by atoms with van der Waals surface area (Å²) in [5.74, 6) is 0.926. The van der Waals surface area contributed by atoms with Crippen LogP contribution in [0.1, 0.15) is 51.6 Å². The number of unbranched alkanes of at least 4 members (excludes halogenated alkanes) is 2. The Kier molecular flexibility index (Phi) is 9.09. The van der Waals surface area contributed by atoms with Gasteiger partial charge < -0.3 is 14.8 Å². The van der Waals surface area contributed by atoms with E-state index in [0.29, 0.717) is 6.61 Å². The number of hydrogen-bond acceptors (Lipinski definition) is 3. The highest BCUT2D eigenvalue weighted by Gasteiger charge is 2.10. The van der Waals surface area contributed by atoms with Crippen molar-refractivity contribution in [3.63, 3.8) is 0 Å². The fraction of sp³-hybridized carbons (Fsp3) is 0.647. The van der Waals surface area contributed by atoms with Crippen LogP contribution in [0.5, 0.6) is 5.75 Å². The number of ether oxygens (including phenoxy) is 2. The summed E-state index contributed by atoms with van der Waals surface area (Å²) in [6.45, 7) is 9.56. The summed E-state index contributed by atoms with van der Waals surface area (Å²) in [5, 5.41) is 3.48. The van der Waals surface area contributed by atoms with E-state index in [1.807, 2.05) is 19.1 Å². The zero-order chi connectivity index (χ0) is 14.6. The topological polar surface area (TPSA) is 30.5 Å². The van der Waals surface area contributed by atoms with Crippen molar-refractivity contribution in [2.24, 2.45) is 0 Å². The van der Waals surface area contributed by atoms with E-state index >= 15 is 0 Å². The summed E-state index contributed by atoms with van der Waals surface area (Å²) in [5.41, 5.74) is 1.26. The molecule has 3 nitrogen and oxygen atoms in total. The highest BCUT2D eigenvalue weighted by molar-refractivity contribution is 5.29. The van der Waals surface area contributed by atoms with Crippen molar-refractivity contribution in [2.45, 2.75) is 46.1 Å². The third-order valence-corrected chi connectivity index (χ3v) is 3.22. The Morgan fingerprint density at radius 2 is 1.80 bits per heavy atom. The lowest BCUT2D eigenvalue weighted by molar-refractivity contribution is 0.108. The van der Waals surface area contributed by atoms with Crippen LogP contribution < -0.4 is 10.1 Å². The Morgan fingerprint density at radius 3 is 2.40 bits per heavy atom. The minimum Gasteiger partial charge on any atom is -0.494 e. The zero-order valence-electron chi connectivity index (χ0n) is 13.2. The molecule has 1 rings (SSSR count). The molecule has 3 heteroatoms. The molecule has 1 atom stereocenters. The van der Waals surface area contributed by atoms with E-state index in [9.17, 15) is 0 Å². The number of likely N-dealkylation sites (N-methyl/N-ethyl adjacent to an activating group) is 1. The molecule has 0 aliphatic rings. The normalized spacial score (nSPS) is 12.3. The molecule has 1 N–H and O–H groups in total. The first-order valence-electron chi connectivity index (χ1n) is 7.85. The fourth-order valence-corrected chi connectivity index (χ4v) is 2.14. The van der Waals surface area contributed by atoms with Crippen molar-refractivity contribution in [1.82, 2.24) is 5.32 Å². The van der Waals surface area contributed by atoms with Gasteiger partial charge in [0.1, 0.15) is 5.75 Å². The molecular formula is C17H29NO2. The Bertz CT molecular complexity index is 337. The molecule has 0 fully saturated rings. The van der Waals surface area contributed by atoms with Crippen molar-refractivity contribution in [2.75, 3.05) is 26.4 Å². The van der Waals surface area contributed by atoms with Gasteiger partial charge in [-0.25, -0.2) is 0 Å². The Morgan fingerprint density at radius 1 is 1.05 bits per heavy atom. The van der Waals surface area contributed by atoms with Crippen molar-refractivity contribution in [3.8, 4) is 5.75 Å². The predicted molar refractivity (Wildman–Crippen MR) is 84.4 cm³/mol. The molecule has 0 aromatic heterocycles. The van der Waals surface area contributed by atoms with Gasteiger partial charge in [-0.15, -0.1) is 0 Å². The van der Waals surface area contributed by atoms with E-state index in [1.54, 1.807) is 0 Å². The van der Waals surface area contributed by atoms with E-state index in [2.05, 4.69) is 31.3 Å². The lowest BCUT2D eigenvalue weighted by Crippen LogP contribution is -2.25. The molecular weight excluding hydrogens is 250 g/mol. The smallest absolute Gasteiger partial charge is 0.119 e. The summed E-state index contributed by atoms with van der Waals surface area (Å²) in [7, 11) is 0. The van der Waals surface area contributed by atoms with Crippen LogP contribution in [0, 0.1) is 0 Å². The van der Waals surface area contributed by atoms with Gasteiger partial charge in [0.25, 0.3) is 0 Å². The standard InChI is InChI=1S/C17H29NO2/c1-4-7-8-13-19-14-17(18-5-2)15-9-11-16(12-10-15)20-6-3/h9-12,17-18H,4-8,13-14H2,1-3H3. The van der Waals surface area contributed by atoms with E-state index < -0.39 is 0 Å². The van der Waals surface area contributed by atoms with Gasteiger partial charge >= 0.3 is 0 Å². The quantitative estimate of drug-likeness (QED) is 0.622. The molecule has 114 valence electrons. The highest BCUT2D eigenvalue weighted by atomic mass is 16.5. The van der Waals surface area contributed by atoms with Crippen LogP contribution in [0.4, 0.5) is 0 Å². The van der Waals surface area contributed by atoms with Gasteiger partial charge in [0.2, 0.25) is 0 Å². The summed E-state index contributed by atoms with van der Waals surface area (Å²) < 4.78 is 11.3. The third kappa shape index (κ3) is 6.40. The summed E-state index contributed by atoms with van der Waals surface area (Å²) in [4.78, 5) is 0. The maximum atomic E-state index is 5.79. The number of benzene rings is 1. The lowest BCUT2D eigenvalue weighted by atomic mass is 10.1. The maximum Gasteiger partial charge on any atom is 0.119 e. The van der Waals surface area contributed by atoms with Crippen molar-refractivity contribution >= 4 is 0 Å².